The zero-order chi connectivity index (χ0) is 14.6. The highest BCUT2D eigenvalue weighted by Crippen LogP contribution is 2.20. The van der Waals surface area contributed by atoms with Gasteiger partial charge in [-0.05, 0) is 32.4 Å². The van der Waals surface area contributed by atoms with Gasteiger partial charge in [-0.3, -0.25) is 0 Å². The predicted molar refractivity (Wildman–Crippen MR) is 72.3 cm³/mol. The van der Waals surface area contributed by atoms with Gasteiger partial charge in [-0.15, -0.1) is 11.3 Å². The number of aliphatic hydroxyl groups excluding tert-OH is 1. The number of carboxylic acids is 1. The van der Waals surface area contributed by atoms with E-state index in [1.54, 1.807) is 11.3 Å². The Hall–Kier alpha value is -1.60. The zero-order valence-electron chi connectivity index (χ0n) is 11.1. The Bertz CT molecular complexity index is 451. The fourth-order valence-electron chi connectivity index (χ4n) is 1.49. The predicted octanol–water partition coefficient (Wildman–Crippen LogP) is 0.998. The average Bonchev–Trinajstić information content (AvgIpc) is 2.62. The number of carbonyl (C=O) groups excluding carboxylic acids is 1. The lowest BCUT2D eigenvalue weighted by molar-refractivity contribution is -0.141. The third-order valence-electron chi connectivity index (χ3n) is 2.68. The molecule has 4 N–H and O–H groups in total. The number of aliphatic hydroxyl groups is 1. The van der Waals surface area contributed by atoms with Crippen molar-refractivity contribution in [3.63, 3.8) is 0 Å². The standard InChI is InChI=1S/C12H18N2O4S/c1-6-4-9(19-8(6)3)5-13-12(18)14-10(7(2)15)11(16)17/h4,7,10,15H,5H2,1-3H3,(H,16,17)(H2,13,14,18)/t7-,10+/m1/s1. The largest absolute Gasteiger partial charge is 0.480 e. The summed E-state index contributed by atoms with van der Waals surface area (Å²) in [6.45, 7) is 5.63. The Balaban J connectivity index is 2.49. The number of thiophene rings is 1. The minimum absolute atomic E-state index is 0.331. The third kappa shape index (κ3) is 4.53. The number of aryl methyl sites for hydroxylation is 2. The lowest BCUT2D eigenvalue weighted by Gasteiger charge is -2.17. The summed E-state index contributed by atoms with van der Waals surface area (Å²) < 4.78 is 0. The zero-order valence-corrected chi connectivity index (χ0v) is 11.9. The second-order valence-corrected chi connectivity index (χ2v) is 5.68. The molecule has 1 heterocycles. The van der Waals surface area contributed by atoms with E-state index in [0.29, 0.717) is 6.54 Å². The van der Waals surface area contributed by atoms with E-state index in [9.17, 15) is 14.7 Å². The smallest absolute Gasteiger partial charge is 0.328 e. The first-order chi connectivity index (χ1) is 8.81. The van der Waals surface area contributed by atoms with Crippen molar-refractivity contribution in [2.24, 2.45) is 0 Å². The second kappa shape index (κ2) is 6.53. The summed E-state index contributed by atoms with van der Waals surface area (Å²) in [6, 6.07) is 0.0488. The van der Waals surface area contributed by atoms with Crippen molar-refractivity contribution in [2.75, 3.05) is 0 Å². The molecule has 2 amide bonds. The van der Waals surface area contributed by atoms with Gasteiger partial charge in [0.2, 0.25) is 0 Å². The van der Waals surface area contributed by atoms with E-state index in [1.165, 1.54) is 11.8 Å². The quantitative estimate of drug-likeness (QED) is 0.649. The molecule has 0 spiro atoms. The highest BCUT2D eigenvalue weighted by molar-refractivity contribution is 7.12. The van der Waals surface area contributed by atoms with Gasteiger partial charge >= 0.3 is 12.0 Å². The van der Waals surface area contributed by atoms with Crippen LogP contribution in [0.3, 0.4) is 0 Å². The van der Waals surface area contributed by atoms with Crippen LogP contribution in [0, 0.1) is 13.8 Å². The molecule has 2 atom stereocenters. The van der Waals surface area contributed by atoms with E-state index in [2.05, 4.69) is 10.6 Å². The molecule has 6 nitrogen and oxygen atoms in total. The molecule has 0 aromatic carbocycles. The van der Waals surface area contributed by atoms with Crippen molar-refractivity contribution >= 4 is 23.3 Å². The van der Waals surface area contributed by atoms with Gasteiger partial charge in [-0.2, -0.15) is 0 Å². The summed E-state index contributed by atoms with van der Waals surface area (Å²) >= 11 is 1.58. The number of hydrogen-bond acceptors (Lipinski definition) is 4. The Morgan fingerprint density at radius 1 is 1.42 bits per heavy atom. The molecule has 0 fully saturated rings. The van der Waals surface area contributed by atoms with Gasteiger partial charge in [-0.25, -0.2) is 9.59 Å². The number of hydrogen-bond donors (Lipinski definition) is 4. The Labute approximate surface area is 115 Å². The molecule has 7 heteroatoms. The van der Waals surface area contributed by atoms with E-state index < -0.39 is 24.1 Å². The summed E-state index contributed by atoms with van der Waals surface area (Å²) in [5, 5.41) is 22.8. The lowest BCUT2D eigenvalue weighted by Crippen LogP contribution is -2.50. The Kier molecular flexibility index (Phi) is 5.31. The molecular formula is C12H18N2O4S. The fourth-order valence-corrected chi connectivity index (χ4v) is 2.48. The van der Waals surface area contributed by atoms with Crippen molar-refractivity contribution in [1.82, 2.24) is 10.6 Å². The van der Waals surface area contributed by atoms with E-state index in [0.717, 1.165) is 10.4 Å². The third-order valence-corrected chi connectivity index (χ3v) is 3.83. The highest BCUT2D eigenvalue weighted by atomic mass is 32.1. The number of aliphatic carboxylic acids is 1. The first kappa shape index (κ1) is 15.5. The van der Waals surface area contributed by atoms with Gasteiger partial charge in [-0.1, -0.05) is 0 Å². The van der Waals surface area contributed by atoms with Gasteiger partial charge in [0.15, 0.2) is 6.04 Å². The topological polar surface area (TPSA) is 98.7 Å². The van der Waals surface area contributed by atoms with Crippen molar-refractivity contribution in [3.05, 3.63) is 21.4 Å². The van der Waals surface area contributed by atoms with Crippen LogP contribution in [-0.2, 0) is 11.3 Å². The summed E-state index contributed by atoms with van der Waals surface area (Å²) in [5.41, 5.74) is 1.16. The number of carboxylic acid groups (broad SMARTS) is 1. The number of carbonyl (C=O) groups is 2. The Morgan fingerprint density at radius 3 is 2.47 bits per heavy atom. The highest BCUT2D eigenvalue weighted by Gasteiger charge is 2.24. The summed E-state index contributed by atoms with van der Waals surface area (Å²) in [4.78, 5) is 24.5. The second-order valence-electron chi connectivity index (χ2n) is 4.34. The molecule has 106 valence electrons. The Morgan fingerprint density at radius 2 is 2.05 bits per heavy atom. The van der Waals surface area contributed by atoms with E-state index in [-0.39, 0.29) is 0 Å². The van der Waals surface area contributed by atoms with Crippen molar-refractivity contribution in [3.8, 4) is 0 Å². The maximum atomic E-state index is 11.5. The maximum absolute atomic E-state index is 11.5. The summed E-state index contributed by atoms with van der Waals surface area (Å²) in [5.74, 6) is -1.27. The fraction of sp³-hybridized carbons (Fsp3) is 0.500. The maximum Gasteiger partial charge on any atom is 0.328 e. The number of urea groups is 1. The van der Waals surface area contributed by atoms with Crippen LogP contribution >= 0.6 is 11.3 Å². The van der Waals surface area contributed by atoms with Crippen LogP contribution in [0.5, 0.6) is 0 Å². The molecular weight excluding hydrogens is 268 g/mol. The van der Waals surface area contributed by atoms with Crippen LogP contribution in [0.1, 0.15) is 22.2 Å². The first-order valence-electron chi connectivity index (χ1n) is 5.82. The first-order valence-corrected chi connectivity index (χ1v) is 6.64. The van der Waals surface area contributed by atoms with Crippen LogP contribution in [0.4, 0.5) is 4.79 Å². The minimum atomic E-state index is -1.31. The van der Waals surface area contributed by atoms with Crippen LogP contribution in [-0.4, -0.2) is 34.4 Å². The molecule has 19 heavy (non-hydrogen) atoms. The van der Waals surface area contributed by atoms with E-state index >= 15 is 0 Å². The van der Waals surface area contributed by atoms with Gasteiger partial charge in [0.05, 0.1) is 12.6 Å². The van der Waals surface area contributed by atoms with Crippen LogP contribution in [0.25, 0.3) is 0 Å². The molecule has 0 bridgehead atoms. The van der Waals surface area contributed by atoms with Crippen molar-refractivity contribution < 1.29 is 19.8 Å². The van der Waals surface area contributed by atoms with Crippen molar-refractivity contribution in [2.45, 2.75) is 39.5 Å². The molecule has 1 aromatic rings. The van der Waals surface area contributed by atoms with Gasteiger partial charge in [0.1, 0.15) is 0 Å². The SMILES string of the molecule is Cc1cc(CNC(=O)N[C@H](C(=O)O)[C@@H](C)O)sc1C. The van der Waals surface area contributed by atoms with Crippen LogP contribution in [0.15, 0.2) is 6.07 Å². The van der Waals surface area contributed by atoms with E-state index in [1.807, 2.05) is 19.9 Å². The molecule has 0 aliphatic heterocycles. The van der Waals surface area contributed by atoms with Gasteiger partial charge in [0.25, 0.3) is 0 Å². The molecule has 1 aromatic heterocycles. The monoisotopic (exact) mass is 286 g/mol. The molecule has 0 aliphatic carbocycles. The molecule has 0 saturated carbocycles. The van der Waals surface area contributed by atoms with Crippen LogP contribution < -0.4 is 10.6 Å². The average molecular weight is 286 g/mol. The van der Waals surface area contributed by atoms with E-state index in [4.69, 9.17) is 5.11 Å². The normalized spacial score (nSPS) is 13.7. The molecule has 0 unspecified atom stereocenters. The number of amides is 2. The number of rotatable bonds is 5. The van der Waals surface area contributed by atoms with Gasteiger partial charge < -0.3 is 20.8 Å². The molecule has 1 rings (SSSR count). The number of nitrogens with one attached hydrogen (secondary N) is 2. The lowest BCUT2D eigenvalue weighted by atomic mass is 10.2. The molecule has 0 aliphatic rings. The summed E-state index contributed by atoms with van der Waals surface area (Å²) in [6.07, 6.45) is -1.16. The van der Waals surface area contributed by atoms with Gasteiger partial charge in [0, 0.05) is 9.75 Å². The summed E-state index contributed by atoms with van der Waals surface area (Å²) in [7, 11) is 0. The molecule has 0 radical (unpaired) electrons. The van der Waals surface area contributed by atoms with Crippen LogP contribution in [0.2, 0.25) is 0 Å². The van der Waals surface area contributed by atoms with Crippen molar-refractivity contribution in [1.29, 1.82) is 0 Å². The minimum Gasteiger partial charge on any atom is -0.480 e. The molecule has 0 saturated heterocycles.